The maximum absolute atomic E-state index is 13.9. The van der Waals surface area contributed by atoms with E-state index < -0.39 is 0 Å². The Kier molecular flexibility index (Phi) is 6.38. The van der Waals surface area contributed by atoms with Gasteiger partial charge in [-0.15, -0.1) is 11.8 Å². The van der Waals surface area contributed by atoms with Crippen molar-refractivity contribution in [3.8, 4) is 5.75 Å². The van der Waals surface area contributed by atoms with Crippen LogP contribution in [0.5, 0.6) is 5.75 Å². The first-order valence-electron chi connectivity index (χ1n) is 9.46. The van der Waals surface area contributed by atoms with Crippen molar-refractivity contribution in [3.63, 3.8) is 0 Å². The van der Waals surface area contributed by atoms with E-state index in [2.05, 4.69) is 13.8 Å². The van der Waals surface area contributed by atoms with Crippen molar-refractivity contribution >= 4 is 40.6 Å². The van der Waals surface area contributed by atoms with Crippen molar-refractivity contribution in [1.82, 2.24) is 0 Å². The number of benzene rings is 2. The van der Waals surface area contributed by atoms with E-state index in [1.54, 1.807) is 18.9 Å². The van der Waals surface area contributed by atoms with Crippen LogP contribution in [0.15, 0.2) is 47.4 Å². The van der Waals surface area contributed by atoms with Crippen LogP contribution in [-0.2, 0) is 4.79 Å². The molecule has 0 radical (unpaired) electrons. The fraction of sp³-hybridized carbons (Fsp3) is 0.409. The second kappa shape index (κ2) is 8.57. The molecule has 1 heterocycles. The minimum atomic E-state index is -0.380. The Balaban J connectivity index is 2.18. The molecule has 3 nitrogen and oxygen atoms in total. The van der Waals surface area contributed by atoms with E-state index in [0.29, 0.717) is 10.8 Å². The molecule has 0 saturated heterocycles. The summed E-state index contributed by atoms with van der Waals surface area (Å²) in [5.74, 6) is 1.57. The fourth-order valence-corrected chi connectivity index (χ4v) is 5.18. The van der Waals surface area contributed by atoms with Crippen molar-refractivity contribution in [2.45, 2.75) is 44.4 Å². The number of anilines is 2. The molecule has 0 unspecified atom stereocenters. The average molecular weight is 404 g/mol. The largest absolute Gasteiger partial charge is 0.495 e. The summed E-state index contributed by atoms with van der Waals surface area (Å²) < 4.78 is 5.41. The zero-order valence-electron chi connectivity index (χ0n) is 16.1. The highest BCUT2D eigenvalue weighted by Gasteiger charge is 2.43. The number of carbonyl (C=O) groups excluding carboxylic acids is 1. The molecule has 5 heteroatoms. The number of carbonyl (C=O) groups is 1. The van der Waals surface area contributed by atoms with E-state index in [9.17, 15) is 4.79 Å². The molecule has 0 aromatic heterocycles. The summed E-state index contributed by atoms with van der Waals surface area (Å²) in [6.45, 7) is 4.30. The Hall–Kier alpha value is -1.65. The summed E-state index contributed by atoms with van der Waals surface area (Å²) in [7, 11) is 1.62. The second-order valence-corrected chi connectivity index (χ2v) is 8.38. The SMILES string of the molecule is CCCC[C@@]1(CC)CSc2cc(OC)c(Cl)cc2N(c2ccccc2)C1=O. The van der Waals surface area contributed by atoms with Crippen molar-refractivity contribution in [1.29, 1.82) is 0 Å². The van der Waals surface area contributed by atoms with Gasteiger partial charge in [0.05, 0.1) is 23.2 Å². The van der Waals surface area contributed by atoms with Gasteiger partial charge in [0.15, 0.2) is 0 Å². The lowest BCUT2D eigenvalue weighted by atomic mass is 9.80. The number of methoxy groups -OCH3 is 1. The topological polar surface area (TPSA) is 29.5 Å². The summed E-state index contributed by atoms with van der Waals surface area (Å²) >= 11 is 8.16. The zero-order chi connectivity index (χ0) is 19.4. The normalized spacial score (nSPS) is 19.6. The number of amides is 1. The lowest BCUT2D eigenvalue weighted by Crippen LogP contribution is -2.42. The maximum Gasteiger partial charge on any atom is 0.238 e. The van der Waals surface area contributed by atoms with Gasteiger partial charge in [0.2, 0.25) is 5.91 Å². The number of para-hydroxylation sites is 1. The number of hydrogen-bond donors (Lipinski definition) is 0. The number of ether oxygens (including phenoxy) is 1. The first-order chi connectivity index (χ1) is 13.1. The molecule has 2 aromatic rings. The molecule has 3 rings (SSSR count). The number of hydrogen-bond acceptors (Lipinski definition) is 3. The smallest absolute Gasteiger partial charge is 0.238 e. The van der Waals surface area contributed by atoms with E-state index in [-0.39, 0.29) is 11.3 Å². The van der Waals surface area contributed by atoms with Gasteiger partial charge in [0, 0.05) is 16.3 Å². The lowest BCUT2D eigenvalue weighted by Gasteiger charge is -2.34. The van der Waals surface area contributed by atoms with Crippen LogP contribution in [0.2, 0.25) is 5.02 Å². The maximum atomic E-state index is 13.9. The van der Waals surface area contributed by atoms with Crippen LogP contribution in [0.3, 0.4) is 0 Å². The van der Waals surface area contributed by atoms with Crippen molar-refractivity contribution in [2.24, 2.45) is 5.41 Å². The molecule has 1 aliphatic rings. The molecule has 144 valence electrons. The Bertz CT molecular complexity index is 811. The van der Waals surface area contributed by atoms with E-state index in [1.807, 2.05) is 47.4 Å². The average Bonchev–Trinajstić information content (AvgIpc) is 2.81. The first-order valence-corrected chi connectivity index (χ1v) is 10.8. The summed E-state index contributed by atoms with van der Waals surface area (Å²) in [6, 6.07) is 13.7. The highest BCUT2D eigenvalue weighted by Crippen LogP contribution is 2.49. The van der Waals surface area contributed by atoms with Gasteiger partial charge in [-0.3, -0.25) is 9.69 Å². The standard InChI is InChI=1S/C22H26ClNO2S/c1-4-6-12-22(5-2)15-27-20-14-19(26-3)17(23)13-18(20)24(21(22)25)16-10-8-7-9-11-16/h7-11,13-14H,4-6,12,15H2,1-3H3/t22-/m0/s1. The predicted octanol–water partition coefficient (Wildman–Crippen LogP) is 6.71. The molecule has 0 spiro atoms. The molecule has 0 saturated carbocycles. The van der Waals surface area contributed by atoms with Crippen LogP contribution < -0.4 is 9.64 Å². The second-order valence-electron chi connectivity index (χ2n) is 6.96. The molecule has 1 amide bonds. The molecular weight excluding hydrogens is 378 g/mol. The van der Waals surface area contributed by atoms with E-state index in [0.717, 1.165) is 47.7 Å². The Morgan fingerprint density at radius 1 is 1.22 bits per heavy atom. The van der Waals surface area contributed by atoms with Crippen molar-refractivity contribution in [2.75, 3.05) is 17.8 Å². The van der Waals surface area contributed by atoms with E-state index in [4.69, 9.17) is 16.3 Å². The molecule has 0 N–H and O–H groups in total. The van der Waals surface area contributed by atoms with E-state index in [1.165, 1.54) is 0 Å². The van der Waals surface area contributed by atoms with Gasteiger partial charge in [0.1, 0.15) is 5.75 Å². The van der Waals surface area contributed by atoms with E-state index >= 15 is 0 Å². The number of thioether (sulfide) groups is 1. The summed E-state index contributed by atoms with van der Waals surface area (Å²) in [5, 5.41) is 0.517. The van der Waals surface area contributed by atoms with Gasteiger partial charge >= 0.3 is 0 Å². The Labute approximate surface area is 171 Å². The third kappa shape index (κ3) is 3.83. The Morgan fingerprint density at radius 3 is 2.59 bits per heavy atom. The van der Waals surface area contributed by atoms with Crippen molar-refractivity contribution in [3.05, 3.63) is 47.5 Å². The van der Waals surface area contributed by atoms with Gasteiger partial charge in [-0.1, -0.05) is 56.5 Å². The number of halogens is 1. The molecule has 0 aliphatic carbocycles. The van der Waals surface area contributed by atoms with Gasteiger partial charge < -0.3 is 4.74 Å². The summed E-state index contributed by atoms with van der Waals surface area (Å²) in [5.41, 5.74) is 1.34. The van der Waals surface area contributed by atoms with Gasteiger partial charge in [-0.05, 0) is 37.1 Å². The molecule has 0 bridgehead atoms. The predicted molar refractivity (Wildman–Crippen MR) is 115 cm³/mol. The number of unbranched alkanes of at least 4 members (excludes halogenated alkanes) is 1. The summed E-state index contributed by atoms with van der Waals surface area (Å²) in [6.07, 6.45) is 3.84. The van der Waals surface area contributed by atoms with Gasteiger partial charge in [-0.25, -0.2) is 0 Å². The molecule has 27 heavy (non-hydrogen) atoms. The molecule has 1 atom stereocenters. The summed E-state index contributed by atoms with van der Waals surface area (Å²) in [4.78, 5) is 16.8. The van der Waals surface area contributed by atoms with Crippen LogP contribution in [0.1, 0.15) is 39.5 Å². The Morgan fingerprint density at radius 2 is 1.96 bits per heavy atom. The molecule has 0 fully saturated rings. The quantitative estimate of drug-likeness (QED) is 0.537. The van der Waals surface area contributed by atoms with Gasteiger partial charge in [-0.2, -0.15) is 0 Å². The first kappa shape index (κ1) is 20.1. The van der Waals surface area contributed by atoms with Crippen LogP contribution in [0.25, 0.3) is 0 Å². The van der Waals surface area contributed by atoms with Crippen LogP contribution >= 0.6 is 23.4 Å². The van der Waals surface area contributed by atoms with Gasteiger partial charge in [0.25, 0.3) is 0 Å². The minimum Gasteiger partial charge on any atom is -0.495 e. The number of fused-ring (bicyclic) bond motifs is 1. The van der Waals surface area contributed by atoms with Crippen LogP contribution in [0, 0.1) is 5.41 Å². The molecular formula is C22H26ClNO2S. The monoisotopic (exact) mass is 403 g/mol. The number of rotatable bonds is 6. The third-order valence-corrected chi connectivity index (χ3v) is 6.97. The fourth-order valence-electron chi connectivity index (χ4n) is 3.55. The zero-order valence-corrected chi connectivity index (χ0v) is 17.7. The molecule has 2 aromatic carbocycles. The third-order valence-electron chi connectivity index (χ3n) is 5.34. The van der Waals surface area contributed by atoms with Crippen molar-refractivity contribution < 1.29 is 9.53 Å². The van der Waals surface area contributed by atoms with Crippen LogP contribution in [-0.4, -0.2) is 18.8 Å². The molecule has 1 aliphatic heterocycles. The highest BCUT2D eigenvalue weighted by molar-refractivity contribution is 7.99. The number of nitrogens with zero attached hydrogens (tertiary/aromatic N) is 1. The van der Waals surface area contributed by atoms with Crippen LogP contribution in [0.4, 0.5) is 11.4 Å². The minimum absolute atomic E-state index is 0.164. The lowest BCUT2D eigenvalue weighted by molar-refractivity contribution is -0.126. The highest BCUT2D eigenvalue weighted by atomic mass is 35.5.